The predicted molar refractivity (Wildman–Crippen MR) is 70.2 cm³/mol. The molecule has 2 aromatic rings. The van der Waals surface area contributed by atoms with E-state index in [1.165, 1.54) is 0 Å². The number of pyridine rings is 1. The molecule has 3 heterocycles. The van der Waals surface area contributed by atoms with E-state index in [1.54, 1.807) is 6.07 Å². The minimum absolute atomic E-state index is 0.127. The van der Waals surface area contributed by atoms with Crippen molar-refractivity contribution in [3.05, 3.63) is 24.4 Å². The van der Waals surface area contributed by atoms with Crippen molar-refractivity contribution in [2.45, 2.75) is 5.50 Å². The van der Waals surface area contributed by atoms with Crippen LogP contribution in [0, 0.1) is 0 Å². The van der Waals surface area contributed by atoms with Crippen LogP contribution in [0.4, 0.5) is 17.3 Å². The summed E-state index contributed by atoms with van der Waals surface area (Å²) in [6.07, 6.45) is 1.89. The van der Waals surface area contributed by atoms with E-state index in [-0.39, 0.29) is 5.50 Å². The van der Waals surface area contributed by atoms with Crippen LogP contribution in [-0.4, -0.2) is 22.0 Å². The molecule has 17 heavy (non-hydrogen) atoms. The number of H-pyrrole nitrogens is 1. The number of aromatic nitrogens is 2. The van der Waals surface area contributed by atoms with E-state index in [2.05, 4.69) is 20.6 Å². The minimum atomic E-state index is -0.127. The molecule has 1 unspecified atom stereocenters. The van der Waals surface area contributed by atoms with Crippen molar-refractivity contribution in [3.63, 3.8) is 0 Å². The Morgan fingerprint density at radius 2 is 2.29 bits per heavy atom. The Bertz CT molecular complexity index is 551. The quantitative estimate of drug-likeness (QED) is 0.461. The summed E-state index contributed by atoms with van der Waals surface area (Å²) in [6.45, 7) is 0.679. The van der Waals surface area contributed by atoms with E-state index >= 15 is 0 Å². The Morgan fingerprint density at radius 1 is 1.41 bits per heavy atom. The fraction of sp³-hybridized carbons (Fsp3) is 0.182. The molecule has 88 valence electrons. The van der Waals surface area contributed by atoms with Crippen molar-refractivity contribution in [2.75, 3.05) is 22.9 Å². The number of alkyl halides is 1. The maximum Gasteiger partial charge on any atom is 0.128 e. The Hall–Kier alpha value is -1.88. The van der Waals surface area contributed by atoms with Crippen molar-refractivity contribution >= 4 is 28.9 Å². The Balaban J connectivity index is 2.07. The van der Waals surface area contributed by atoms with Gasteiger partial charge in [-0.3, -0.25) is 0 Å². The molecule has 5 nitrogen and oxygen atoms in total. The molecule has 1 aliphatic rings. The van der Waals surface area contributed by atoms with Gasteiger partial charge in [0, 0.05) is 11.8 Å². The third-order valence-electron chi connectivity index (χ3n) is 2.69. The zero-order valence-corrected chi connectivity index (χ0v) is 9.75. The van der Waals surface area contributed by atoms with Gasteiger partial charge in [0.15, 0.2) is 0 Å². The summed E-state index contributed by atoms with van der Waals surface area (Å²) >= 11 is 6.06. The predicted octanol–water partition coefficient (Wildman–Crippen LogP) is 2.06. The van der Waals surface area contributed by atoms with Gasteiger partial charge in [0.05, 0.1) is 17.9 Å². The molecular weight excluding hydrogens is 238 g/mol. The molecule has 6 heteroatoms. The van der Waals surface area contributed by atoms with Crippen LogP contribution in [0.5, 0.6) is 0 Å². The molecule has 0 radical (unpaired) electrons. The monoisotopic (exact) mass is 249 g/mol. The molecule has 1 aliphatic heterocycles. The summed E-state index contributed by atoms with van der Waals surface area (Å²) in [5.41, 5.74) is 8.28. The molecule has 0 amide bonds. The Labute approximate surface area is 103 Å². The van der Waals surface area contributed by atoms with Gasteiger partial charge in [-0.2, -0.15) is 0 Å². The van der Waals surface area contributed by atoms with Crippen LogP contribution >= 0.6 is 11.6 Å². The fourth-order valence-electron chi connectivity index (χ4n) is 1.92. The van der Waals surface area contributed by atoms with Crippen LogP contribution in [0.1, 0.15) is 0 Å². The van der Waals surface area contributed by atoms with Gasteiger partial charge < -0.3 is 21.4 Å². The van der Waals surface area contributed by atoms with Gasteiger partial charge in [-0.15, -0.1) is 0 Å². The summed E-state index contributed by atoms with van der Waals surface area (Å²) in [5.74, 6) is 1.43. The summed E-state index contributed by atoms with van der Waals surface area (Å²) in [5, 5.41) is 6.43. The average Bonchev–Trinajstić information content (AvgIpc) is 2.71. The number of hydrogen-bond donors (Lipinski definition) is 4. The van der Waals surface area contributed by atoms with Gasteiger partial charge >= 0.3 is 0 Å². The number of rotatable bonds is 1. The lowest BCUT2D eigenvalue weighted by atomic mass is 10.1. The molecule has 5 N–H and O–H groups in total. The van der Waals surface area contributed by atoms with Gasteiger partial charge in [-0.1, -0.05) is 17.7 Å². The van der Waals surface area contributed by atoms with E-state index in [0.717, 1.165) is 22.8 Å². The normalized spacial score (nSPS) is 18.1. The Kier molecular flexibility index (Phi) is 2.33. The van der Waals surface area contributed by atoms with Crippen LogP contribution in [0.15, 0.2) is 24.4 Å². The highest BCUT2D eigenvalue weighted by atomic mass is 35.5. The number of nitrogens with zero attached hydrogens (tertiary/aromatic N) is 1. The second kappa shape index (κ2) is 3.85. The molecule has 0 aromatic carbocycles. The number of nitrogens with two attached hydrogens (primary N) is 1. The molecule has 0 aliphatic carbocycles. The first-order valence-electron chi connectivity index (χ1n) is 5.33. The lowest BCUT2D eigenvalue weighted by molar-refractivity contribution is 0.966. The van der Waals surface area contributed by atoms with Crippen LogP contribution in [-0.2, 0) is 0 Å². The summed E-state index contributed by atoms with van der Waals surface area (Å²) < 4.78 is 0. The maximum absolute atomic E-state index is 6.06. The molecule has 1 atom stereocenters. The van der Waals surface area contributed by atoms with Crippen LogP contribution < -0.4 is 16.4 Å². The van der Waals surface area contributed by atoms with Gasteiger partial charge in [-0.25, -0.2) is 4.98 Å². The lowest BCUT2D eigenvalue weighted by Gasteiger charge is -2.22. The van der Waals surface area contributed by atoms with Gasteiger partial charge in [-0.05, 0) is 12.1 Å². The third-order valence-corrected chi connectivity index (χ3v) is 2.95. The molecule has 2 aromatic heterocycles. The topological polar surface area (TPSA) is 78.8 Å². The largest absolute Gasteiger partial charge is 0.384 e. The highest BCUT2D eigenvalue weighted by molar-refractivity contribution is 6.22. The minimum Gasteiger partial charge on any atom is -0.384 e. The standard InChI is InChI=1S/C11H12ClN5/c12-8-5-15-11-10(17-8)6(4-14-11)7-2-1-3-9(13)16-7/h1-4,8,14-15,17H,5H2,(H2,13,16). The zero-order valence-electron chi connectivity index (χ0n) is 9.00. The average molecular weight is 250 g/mol. The van der Waals surface area contributed by atoms with Gasteiger partial charge in [0.25, 0.3) is 0 Å². The number of fused-ring (bicyclic) bond motifs is 1. The van der Waals surface area contributed by atoms with Crippen LogP contribution in [0.2, 0.25) is 0 Å². The molecule has 0 spiro atoms. The summed E-state index contributed by atoms with van der Waals surface area (Å²) in [7, 11) is 0. The van der Waals surface area contributed by atoms with Crippen LogP contribution in [0.3, 0.4) is 0 Å². The van der Waals surface area contributed by atoms with Crippen molar-refractivity contribution in [3.8, 4) is 11.3 Å². The molecule has 0 fully saturated rings. The summed E-state index contributed by atoms with van der Waals surface area (Å²) in [4.78, 5) is 7.45. The first-order valence-corrected chi connectivity index (χ1v) is 5.76. The van der Waals surface area contributed by atoms with E-state index in [4.69, 9.17) is 17.3 Å². The molecule has 0 bridgehead atoms. The van der Waals surface area contributed by atoms with Crippen molar-refractivity contribution in [1.82, 2.24) is 9.97 Å². The maximum atomic E-state index is 6.06. The van der Waals surface area contributed by atoms with E-state index < -0.39 is 0 Å². The second-order valence-corrected chi connectivity index (χ2v) is 4.42. The number of nitrogen functional groups attached to an aromatic ring is 1. The number of anilines is 3. The number of aromatic amines is 1. The van der Waals surface area contributed by atoms with Gasteiger partial charge in [0.1, 0.15) is 17.1 Å². The highest BCUT2D eigenvalue weighted by Gasteiger charge is 2.20. The van der Waals surface area contributed by atoms with E-state index in [9.17, 15) is 0 Å². The molecule has 3 rings (SSSR count). The first kappa shape index (κ1) is 10.3. The van der Waals surface area contributed by atoms with E-state index in [1.807, 2.05) is 18.3 Å². The zero-order chi connectivity index (χ0) is 11.8. The Morgan fingerprint density at radius 3 is 3.12 bits per heavy atom. The number of halogens is 1. The third kappa shape index (κ3) is 1.78. The molecular formula is C11H12ClN5. The SMILES string of the molecule is Nc1cccc(-c2c[nH]c3c2NC(Cl)CN3)n1. The first-order chi connectivity index (χ1) is 8.24. The fourth-order valence-corrected chi connectivity index (χ4v) is 2.10. The number of nitrogens with one attached hydrogen (secondary N) is 3. The van der Waals surface area contributed by atoms with Gasteiger partial charge in [0.2, 0.25) is 0 Å². The van der Waals surface area contributed by atoms with Crippen molar-refractivity contribution in [1.29, 1.82) is 0 Å². The smallest absolute Gasteiger partial charge is 0.128 e. The number of hydrogen-bond acceptors (Lipinski definition) is 4. The summed E-state index contributed by atoms with van der Waals surface area (Å²) in [6, 6.07) is 5.56. The van der Waals surface area contributed by atoms with E-state index in [0.29, 0.717) is 12.4 Å². The van der Waals surface area contributed by atoms with Crippen molar-refractivity contribution < 1.29 is 0 Å². The molecule has 0 saturated carbocycles. The second-order valence-electron chi connectivity index (χ2n) is 3.89. The van der Waals surface area contributed by atoms with Crippen molar-refractivity contribution in [2.24, 2.45) is 0 Å². The highest BCUT2D eigenvalue weighted by Crippen LogP contribution is 2.36. The molecule has 0 saturated heterocycles. The van der Waals surface area contributed by atoms with Crippen LogP contribution in [0.25, 0.3) is 11.3 Å². The lowest BCUT2D eigenvalue weighted by Crippen LogP contribution is -2.27.